The molecule has 2 atom stereocenters. The molecular formula is C20H28N2O. The largest absolute Gasteiger partial charge is 0.368 e. The zero-order valence-corrected chi connectivity index (χ0v) is 14.2. The average molecular weight is 312 g/mol. The number of hydrogen-bond donors (Lipinski definition) is 2. The molecule has 3 nitrogen and oxygen atoms in total. The number of carbonyl (C=O) groups is 1. The molecule has 2 rings (SSSR count). The van der Waals surface area contributed by atoms with E-state index in [9.17, 15) is 4.79 Å². The molecule has 0 aliphatic carbocycles. The van der Waals surface area contributed by atoms with Crippen LogP contribution in [0.2, 0.25) is 0 Å². The molecule has 3 heteroatoms. The van der Waals surface area contributed by atoms with Crippen molar-refractivity contribution in [2.75, 3.05) is 0 Å². The van der Waals surface area contributed by atoms with Gasteiger partial charge in [-0.05, 0) is 47.1 Å². The number of carbonyl (C=O) groups excluding carboxylic acids is 1. The molecule has 0 aliphatic heterocycles. The van der Waals surface area contributed by atoms with Crippen molar-refractivity contribution in [1.29, 1.82) is 0 Å². The second-order valence-corrected chi connectivity index (χ2v) is 6.40. The van der Waals surface area contributed by atoms with Crippen LogP contribution in [0.4, 0.5) is 0 Å². The highest BCUT2D eigenvalue weighted by Gasteiger charge is 2.22. The summed E-state index contributed by atoms with van der Waals surface area (Å²) in [5.41, 5.74) is 14.0. The van der Waals surface area contributed by atoms with E-state index in [-0.39, 0.29) is 5.92 Å². The maximum absolute atomic E-state index is 11.5. The van der Waals surface area contributed by atoms with Crippen LogP contribution in [-0.2, 0) is 17.6 Å². The molecule has 0 fully saturated rings. The van der Waals surface area contributed by atoms with Gasteiger partial charge in [0.05, 0.1) is 6.04 Å². The van der Waals surface area contributed by atoms with E-state index in [0.29, 0.717) is 0 Å². The van der Waals surface area contributed by atoms with Crippen molar-refractivity contribution >= 4 is 16.7 Å². The van der Waals surface area contributed by atoms with Crippen LogP contribution in [0.3, 0.4) is 0 Å². The molecule has 1 unspecified atom stereocenters. The summed E-state index contributed by atoms with van der Waals surface area (Å²) in [6.07, 6.45) is 4.95. The summed E-state index contributed by atoms with van der Waals surface area (Å²) in [5.74, 6) is -0.292. The summed E-state index contributed by atoms with van der Waals surface area (Å²) < 4.78 is 0. The molecule has 1 amide bonds. The van der Waals surface area contributed by atoms with Crippen molar-refractivity contribution in [3.05, 3.63) is 47.5 Å². The van der Waals surface area contributed by atoms with Gasteiger partial charge in [0.15, 0.2) is 0 Å². The van der Waals surface area contributed by atoms with Gasteiger partial charge >= 0.3 is 0 Å². The minimum absolute atomic E-state index is 0.111. The number of aryl methyl sites for hydroxylation is 1. The van der Waals surface area contributed by atoms with E-state index in [1.807, 2.05) is 0 Å². The Morgan fingerprint density at radius 2 is 1.65 bits per heavy atom. The Kier molecular flexibility index (Phi) is 6.17. The molecule has 0 saturated carbocycles. The maximum atomic E-state index is 11.5. The van der Waals surface area contributed by atoms with Gasteiger partial charge in [0.25, 0.3) is 0 Å². The molecule has 0 bridgehead atoms. The lowest BCUT2D eigenvalue weighted by Crippen LogP contribution is -2.43. The lowest BCUT2D eigenvalue weighted by molar-refractivity contribution is -0.120. The lowest BCUT2D eigenvalue weighted by Gasteiger charge is -2.21. The zero-order valence-electron chi connectivity index (χ0n) is 14.2. The monoisotopic (exact) mass is 312 g/mol. The van der Waals surface area contributed by atoms with Crippen molar-refractivity contribution in [3.8, 4) is 0 Å². The van der Waals surface area contributed by atoms with E-state index in [1.54, 1.807) is 0 Å². The Hall–Kier alpha value is -1.87. The van der Waals surface area contributed by atoms with Gasteiger partial charge in [-0.15, -0.1) is 0 Å². The van der Waals surface area contributed by atoms with E-state index in [4.69, 9.17) is 11.5 Å². The van der Waals surface area contributed by atoms with Gasteiger partial charge in [0, 0.05) is 0 Å². The number of benzene rings is 2. The highest BCUT2D eigenvalue weighted by molar-refractivity contribution is 5.84. The average Bonchev–Trinajstić information content (AvgIpc) is 2.57. The second-order valence-electron chi connectivity index (χ2n) is 6.40. The Morgan fingerprint density at radius 1 is 1.04 bits per heavy atom. The quantitative estimate of drug-likeness (QED) is 0.782. The molecule has 0 saturated heterocycles. The number of amides is 1. The fourth-order valence-electron chi connectivity index (χ4n) is 3.10. The summed E-state index contributed by atoms with van der Waals surface area (Å²) in [6.45, 7) is 4.31. The minimum Gasteiger partial charge on any atom is -0.368 e. The van der Waals surface area contributed by atoms with Crippen molar-refractivity contribution in [2.24, 2.45) is 17.4 Å². The molecule has 2 aromatic rings. The normalized spacial score (nSPS) is 13.9. The highest BCUT2D eigenvalue weighted by Crippen LogP contribution is 2.23. The topological polar surface area (TPSA) is 69.1 Å². The number of primary amides is 1. The predicted molar refractivity (Wildman–Crippen MR) is 97.2 cm³/mol. The van der Waals surface area contributed by atoms with Crippen LogP contribution in [0.15, 0.2) is 36.4 Å². The van der Waals surface area contributed by atoms with E-state index in [1.165, 1.54) is 21.9 Å². The third-order valence-corrected chi connectivity index (χ3v) is 4.64. The minimum atomic E-state index is -0.570. The van der Waals surface area contributed by atoms with Crippen LogP contribution in [0.5, 0.6) is 0 Å². The van der Waals surface area contributed by atoms with Gasteiger partial charge in [-0.2, -0.15) is 0 Å². The summed E-state index contributed by atoms with van der Waals surface area (Å²) in [5, 5.41) is 2.50. The number of hydrogen-bond acceptors (Lipinski definition) is 2. The first-order chi connectivity index (χ1) is 11.0. The van der Waals surface area contributed by atoms with Crippen LogP contribution in [0, 0.1) is 5.92 Å². The number of rotatable bonds is 8. The van der Waals surface area contributed by atoms with Gasteiger partial charge in [-0.3, -0.25) is 4.79 Å². The van der Waals surface area contributed by atoms with E-state index < -0.39 is 11.9 Å². The van der Waals surface area contributed by atoms with Gasteiger partial charge in [-0.25, -0.2) is 0 Å². The maximum Gasteiger partial charge on any atom is 0.234 e. The molecule has 4 N–H and O–H groups in total. The molecule has 0 aromatic heterocycles. The molecule has 0 radical (unpaired) electrons. The fraction of sp³-hybridized carbons (Fsp3) is 0.450. The standard InChI is InChI=1S/C20H28N2O/c1-3-5-6-18(19(21)20(22)23)13-15-8-10-16-11-14(4-2)7-9-17(16)12-15/h7-12,18-19H,3-6,13,21H2,1-2H3,(H2,22,23)/t18-,19?/m0/s1. The SMILES string of the molecule is CCCC[C@@H](Cc1ccc2cc(CC)ccc2c1)C(N)C(N)=O. The van der Waals surface area contributed by atoms with Gasteiger partial charge in [0.2, 0.25) is 5.91 Å². The Balaban J connectivity index is 2.21. The molecule has 2 aromatic carbocycles. The van der Waals surface area contributed by atoms with Crippen molar-refractivity contribution < 1.29 is 4.79 Å². The van der Waals surface area contributed by atoms with Crippen LogP contribution in [-0.4, -0.2) is 11.9 Å². The highest BCUT2D eigenvalue weighted by atomic mass is 16.1. The van der Waals surface area contributed by atoms with E-state index in [0.717, 1.165) is 32.1 Å². The van der Waals surface area contributed by atoms with Gasteiger partial charge < -0.3 is 11.5 Å². The molecule has 23 heavy (non-hydrogen) atoms. The van der Waals surface area contributed by atoms with Crippen LogP contribution in [0.1, 0.15) is 44.2 Å². The Labute approximate surface area is 139 Å². The summed E-state index contributed by atoms with van der Waals surface area (Å²) in [7, 11) is 0. The molecule has 0 heterocycles. The Morgan fingerprint density at radius 3 is 2.22 bits per heavy atom. The third kappa shape index (κ3) is 4.55. The first kappa shape index (κ1) is 17.5. The van der Waals surface area contributed by atoms with Crippen LogP contribution >= 0.6 is 0 Å². The number of nitrogens with two attached hydrogens (primary N) is 2. The lowest BCUT2D eigenvalue weighted by atomic mass is 9.87. The van der Waals surface area contributed by atoms with Gasteiger partial charge in [-0.1, -0.05) is 63.1 Å². The van der Waals surface area contributed by atoms with Crippen LogP contribution < -0.4 is 11.5 Å². The molecular weight excluding hydrogens is 284 g/mol. The van der Waals surface area contributed by atoms with E-state index in [2.05, 4.69) is 50.2 Å². The summed E-state index contributed by atoms with van der Waals surface area (Å²) >= 11 is 0. The fourth-order valence-corrected chi connectivity index (χ4v) is 3.10. The van der Waals surface area contributed by atoms with Gasteiger partial charge in [0.1, 0.15) is 0 Å². The number of fused-ring (bicyclic) bond motifs is 1. The zero-order chi connectivity index (χ0) is 16.8. The van der Waals surface area contributed by atoms with Crippen LogP contribution in [0.25, 0.3) is 10.8 Å². The second kappa shape index (κ2) is 8.11. The van der Waals surface area contributed by atoms with Crippen molar-refractivity contribution in [1.82, 2.24) is 0 Å². The third-order valence-electron chi connectivity index (χ3n) is 4.64. The number of unbranched alkanes of at least 4 members (excludes halogenated alkanes) is 1. The molecule has 0 aliphatic rings. The summed E-state index contributed by atoms with van der Waals surface area (Å²) in [4.78, 5) is 11.5. The van der Waals surface area contributed by atoms with E-state index >= 15 is 0 Å². The first-order valence-corrected chi connectivity index (χ1v) is 8.61. The van der Waals surface area contributed by atoms with Crippen molar-refractivity contribution in [3.63, 3.8) is 0 Å². The first-order valence-electron chi connectivity index (χ1n) is 8.61. The van der Waals surface area contributed by atoms with Crippen molar-refractivity contribution in [2.45, 2.75) is 52.0 Å². The molecule has 0 spiro atoms. The molecule has 124 valence electrons. The predicted octanol–water partition coefficient (Wildman–Crippen LogP) is 3.56. The smallest absolute Gasteiger partial charge is 0.234 e. The Bertz CT molecular complexity index is 666. The summed E-state index contributed by atoms with van der Waals surface area (Å²) in [6, 6.07) is 12.5.